The van der Waals surface area contributed by atoms with Gasteiger partial charge in [0, 0.05) is 19.2 Å². The van der Waals surface area contributed by atoms with Crippen molar-refractivity contribution in [1.82, 2.24) is 0 Å². The minimum absolute atomic E-state index is 0.681. The third-order valence-electron chi connectivity index (χ3n) is 4.75. The van der Waals surface area contributed by atoms with Gasteiger partial charge in [-0.3, -0.25) is 0 Å². The standard InChI is InChI=1S/C24H12N2S2/c25-13-15-1-5-17(6-2-15)21-10-19-9-20-11-22(28-24(20)12-23(19)27-21)18-7-3-16(14-26)4-8-18/h1-12H. The highest BCUT2D eigenvalue weighted by atomic mass is 32.1. The van der Waals surface area contributed by atoms with E-state index in [1.807, 2.05) is 48.5 Å². The normalized spacial score (nSPS) is 10.8. The van der Waals surface area contributed by atoms with Crippen LogP contribution in [0.4, 0.5) is 0 Å². The van der Waals surface area contributed by atoms with Crippen LogP contribution in [0, 0.1) is 22.7 Å². The first kappa shape index (κ1) is 16.7. The summed E-state index contributed by atoms with van der Waals surface area (Å²) in [6.45, 7) is 0. The fourth-order valence-corrected chi connectivity index (χ4v) is 5.53. The Morgan fingerprint density at radius 3 is 1.36 bits per heavy atom. The number of hydrogen-bond donors (Lipinski definition) is 0. The molecule has 130 valence electrons. The monoisotopic (exact) mass is 392 g/mol. The van der Waals surface area contributed by atoms with E-state index >= 15 is 0 Å². The highest BCUT2D eigenvalue weighted by molar-refractivity contribution is 7.24. The average molecular weight is 393 g/mol. The minimum atomic E-state index is 0.681. The van der Waals surface area contributed by atoms with Gasteiger partial charge in [-0.05, 0) is 70.4 Å². The van der Waals surface area contributed by atoms with Crippen LogP contribution >= 0.6 is 22.7 Å². The van der Waals surface area contributed by atoms with E-state index in [1.165, 1.54) is 29.9 Å². The van der Waals surface area contributed by atoms with Gasteiger partial charge >= 0.3 is 0 Å². The molecule has 0 spiro atoms. The van der Waals surface area contributed by atoms with Crippen LogP contribution in [-0.4, -0.2) is 0 Å². The zero-order valence-corrected chi connectivity index (χ0v) is 16.3. The van der Waals surface area contributed by atoms with Crippen LogP contribution < -0.4 is 0 Å². The second-order valence-electron chi connectivity index (χ2n) is 6.53. The number of nitriles is 2. The van der Waals surface area contributed by atoms with Crippen LogP contribution in [0.1, 0.15) is 11.1 Å². The van der Waals surface area contributed by atoms with Gasteiger partial charge in [0.2, 0.25) is 0 Å². The highest BCUT2D eigenvalue weighted by Gasteiger charge is 2.10. The number of hydrogen-bond acceptors (Lipinski definition) is 4. The molecule has 3 aromatic carbocycles. The number of benzene rings is 3. The molecule has 0 aliphatic carbocycles. The molecule has 0 saturated carbocycles. The summed E-state index contributed by atoms with van der Waals surface area (Å²) in [5.74, 6) is 0. The Bertz CT molecular complexity index is 1250. The van der Waals surface area contributed by atoms with E-state index in [9.17, 15) is 0 Å². The molecule has 0 aliphatic rings. The molecule has 5 aromatic rings. The molecular formula is C24H12N2S2. The lowest BCUT2D eigenvalue weighted by atomic mass is 10.1. The molecule has 0 unspecified atom stereocenters. The maximum Gasteiger partial charge on any atom is 0.0991 e. The third kappa shape index (κ3) is 2.86. The number of nitrogens with zero attached hydrogens (tertiary/aromatic N) is 2. The minimum Gasteiger partial charge on any atom is -0.192 e. The largest absolute Gasteiger partial charge is 0.192 e. The van der Waals surface area contributed by atoms with Crippen molar-refractivity contribution in [1.29, 1.82) is 10.5 Å². The van der Waals surface area contributed by atoms with Gasteiger partial charge in [-0.15, -0.1) is 22.7 Å². The molecule has 5 rings (SSSR count). The Kier molecular flexibility index (Phi) is 3.95. The Morgan fingerprint density at radius 2 is 0.964 bits per heavy atom. The van der Waals surface area contributed by atoms with Gasteiger partial charge in [-0.25, -0.2) is 0 Å². The number of thiophene rings is 2. The summed E-state index contributed by atoms with van der Waals surface area (Å²) < 4.78 is 2.53. The summed E-state index contributed by atoms with van der Waals surface area (Å²) in [5, 5.41) is 20.4. The molecule has 4 heteroatoms. The maximum atomic E-state index is 8.97. The molecule has 2 nitrogen and oxygen atoms in total. The molecule has 0 aliphatic heterocycles. The van der Waals surface area contributed by atoms with Gasteiger partial charge in [0.25, 0.3) is 0 Å². The van der Waals surface area contributed by atoms with Crippen LogP contribution in [0.2, 0.25) is 0 Å². The van der Waals surface area contributed by atoms with E-state index in [4.69, 9.17) is 10.5 Å². The first-order valence-electron chi connectivity index (χ1n) is 8.72. The molecule has 28 heavy (non-hydrogen) atoms. The van der Waals surface area contributed by atoms with Gasteiger partial charge in [-0.2, -0.15) is 10.5 Å². The average Bonchev–Trinajstić information content (AvgIpc) is 3.35. The summed E-state index contributed by atoms with van der Waals surface area (Å²) in [4.78, 5) is 2.42. The van der Waals surface area contributed by atoms with Crippen molar-refractivity contribution < 1.29 is 0 Å². The quantitative estimate of drug-likeness (QED) is 0.319. The smallest absolute Gasteiger partial charge is 0.0991 e. The van der Waals surface area contributed by atoms with Gasteiger partial charge in [0.1, 0.15) is 0 Å². The Morgan fingerprint density at radius 1 is 0.536 bits per heavy atom. The lowest BCUT2D eigenvalue weighted by Gasteiger charge is -1.96. The molecule has 0 fully saturated rings. The predicted molar refractivity (Wildman–Crippen MR) is 118 cm³/mol. The van der Waals surface area contributed by atoms with Crippen LogP contribution in [0.3, 0.4) is 0 Å². The molecule has 0 saturated heterocycles. The Labute approximate surface area is 170 Å². The molecule has 0 N–H and O–H groups in total. The third-order valence-corrected chi connectivity index (χ3v) is 7.05. The number of rotatable bonds is 2. The summed E-state index contributed by atoms with van der Waals surface area (Å²) in [6.07, 6.45) is 0. The predicted octanol–water partition coefficient (Wildman–Crippen LogP) is 7.19. The van der Waals surface area contributed by atoms with E-state index in [2.05, 4.69) is 36.4 Å². The summed E-state index contributed by atoms with van der Waals surface area (Å²) in [5.41, 5.74) is 3.64. The van der Waals surface area contributed by atoms with Crippen molar-refractivity contribution in [3.8, 4) is 33.0 Å². The molecule has 0 amide bonds. The van der Waals surface area contributed by atoms with E-state index in [0.29, 0.717) is 11.1 Å². The van der Waals surface area contributed by atoms with Crippen molar-refractivity contribution in [3.63, 3.8) is 0 Å². The van der Waals surface area contributed by atoms with Crippen LogP contribution in [0.25, 0.3) is 41.1 Å². The van der Waals surface area contributed by atoms with E-state index in [-0.39, 0.29) is 0 Å². The molecule has 2 heterocycles. The van der Waals surface area contributed by atoms with Crippen molar-refractivity contribution in [3.05, 3.63) is 83.9 Å². The Hall–Kier alpha value is -3.44. The van der Waals surface area contributed by atoms with Crippen LogP contribution in [0.15, 0.2) is 72.8 Å². The van der Waals surface area contributed by atoms with E-state index in [0.717, 1.165) is 11.1 Å². The van der Waals surface area contributed by atoms with Crippen molar-refractivity contribution in [2.24, 2.45) is 0 Å². The topological polar surface area (TPSA) is 47.6 Å². The second-order valence-corrected chi connectivity index (χ2v) is 8.70. The van der Waals surface area contributed by atoms with Gasteiger partial charge in [0.15, 0.2) is 0 Å². The lowest BCUT2D eigenvalue weighted by Crippen LogP contribution is -1.74. The van der Waals surface area contributed by atoms with Crippen LogP contribution in [-0.2, 0) is 0 Å². The summed E-state index contributed by atoms with van der Waals surface area (Å²) in [7, 11) is 0. The van der Waals surface area contributed by atoms with E-state index < -0.39 is 0 Å². The maximum absolute atomic E-state index is 8.97. The van der Waals surface area contributed by atoms with E-state index in [1.54, 1.807) is 22.7 Å². The molecule has 0 bridgehead atoms. The van der Waals surface area contributed by atoms with Gasteiger partial charge in [-0.1, -0.05) is 24.3 Å². The fraction of sp³-hybridized carbons (Fsp3) is 0. The van der Waals surface area contributed by atoms with Crippen LogP contribution in [0.5, 0.6) is 0 Å². The molecule has 0 radical (unpaired) electrons. The fourth-order valence-electron chi connectivity index (χ4n) is 3.28. The summed E-state index contributed by atoms with van der Waals surface area (Å²) in [6, 6.07) is 28.8. The zero-order valence-electron chi connectivity index (χ0n) is 14.6. The second kappa shape index (κ2) is 6.62. The van der Waals surface area contributed by atoms with Crippen molar-refractivity contribution >= 4 is 42.8 Å². The van der Waals surface area contributed by atoms with Gasteiger partial charge < -0.3 is 0 Å². The first-order chi connectivity index (χ1) is 13.7. The summed E-state index contributed by atoms with van der Waals surface area (Å²) >= 11 is 3.55. The highest BCUT2D eigenvalue weighted by Crippen LogP contribution is 2.40. The SMILES string of the molecule is N#Cc1ccc(-c2cc3cc4cc(-c5ccc(C#N)cc5)sc4cc3s2)cc1. The molecule has 2 aromatic heterocycles. The number of fused-ring (bicyclic) bond motifs is 2. The zero-order chi connectivity index (χ0) is 19.1. The lowest BCUT2D eigenvalue weighted by molar-refractivity contribution is 1.49. The first-order valence-corrected chi connectivity index (χ1v) is 10.3. The molecule has 0 atom stereocenters. The Balaban J connectivity index is 1.56. The van der Waals surface area contributed by atoms with Gasteiger partial charge in [0.05, 0.1) is 23.3 Å². The van der Waals surface area contributed by atoms with Crippen molar-refractivity contribution in [2.45, 2.75) is 0 Å². The molecular weight excluding hydrogens is 380 g/mol. The van der Waals surface area contributed by atoms with Crippen molar-refractivity contribution in [2.75, 3.05) is 0 Å².